The highest BCUT2D eigenvalue weighted by atomic mass is 15.2. The van der Waals surface area contributed by atoms with Crippen molar-refractivity contribution in [2.75, 3.05) is 13.1 Å². The lowest BCUT2D eigenvalue weighted by Gasteiger charge is -2.40. The van der Waals surface area contributed by atoms with Gasteiger partial charge in [0, 0.05) is 5.54 Å². The second kappa shape index (κ2) is 6.35. The molecule has 0 aromatic heterocycles. The van der Waals surface area contributed by atoms with Gasteiger partial charge in [0.05, 0.1) is 0 Å². The molecule has 1 nitrogen and oxygen atoms in total. The van der Waals surface area contributed by atoms with E-state index in [0.717, 1.165) is 11.8 Å². The first-order valence-electron chi connectivity index (χ1n) is 9.68. The predicted molar refractivity (Wildman–Crippen MR) is 93.0 cm³/mol. The van der Waals surface area contributed by atoms with Crippen molar-refractivity contribution in [1.82, 2.24) is 4.90 Å². The fourth-order valence-electron chi connectivity index (χ4n) is 5.55. The van der Waals surface area contributed by atoms with Gasteiger partial charge >= 0.3 is 0 Å². The van der Waals surface area contributed by atoms with Crippen LogP contribution in [0.1, 0.15) is 63.4 Å². The van der Waals surface area contributed by atoms with E-state index < -0.39 is 0 Å². The third-order valence-corrected chi connectivity index (χ3v) is 6.75. The van der Waals surface area contributed by atoms with Crippen LogP contribution >= 0.6 is 0 Å². The normalized spacial score (nSPS) is 33.2. The minimum absolute atomic E-state index is 0.631. The van der Waals surface area contributed by atoms with Gasteiger partial charge in [-0.3, -0.25) is 4.90 Å². The number of benzene rings is 1. The van der Waals surface area contributed by atoms with E-state index >= 15 is 0 Å². The molecule has 0 radical (unpaired) electrons. The topological polar surface area (TPSA) is 3.24 Å². The van der Waals surface area contributed by atoms with E-state index in [4.69, 9.17) is 0 Å². The SMILES string of the molecule is c1ccc(CC[C@@H]2C[C@@]2(C2CCCC2)N2CCCCC2)cc1. The highest BCUT2D eigenvalue weighted by Gasteiger charge is 2.61. The maximum atomic E-state index is 2.95. The number of piperidine rings is 1. The number of aryl methyl sites for hydroxylation is 1. The van der Waals surface area contributed by atoms with Crippen molar-refractivity contribution in [3.8, 4) is 0 Å². The fourth-order valence-corrected chi connectivity index (χ4v) is 5.55. The summed E-state index contributed by atoms with van der Waals surface area (Å²) in [6.07, 6.45) is 14.6. The predicted octanol–water partition coefficient (Wildman–Crippen LogP) is 5.05. The number of hydrogen-bond acceptors (Lipinski definition) is 1. The van der Waals surface area contributed by atoms with Crippen molar-refractivity contribution in [1.29, 1.82) is 0 Å². The first-order valence-corrected chi connectivity index (χ1v) is 9.68. The highest BCUT2D eigenvalue weighted by molar-refractivity contribution is 5.19. The molecule has 2 atom stereocenters. The van der Waals surface area contributed by atoms with Gasteiger partial charge in [-0.15, -0.1) is 0 Å². The molecule has 120 valence electrons. The van der Waals surface area contributed by atoms with Gasteiger partial charge in [0.15, 0.2) is 0 Å². The number of hydrogen-bond donors (Lipinski definition) is 0. The molecule has 4 rings (SSSR count). The Hall–Kier alpha value is -0.820. The third kappa shape index (κ3) is 2.73. The quantitative estimate of drug-likeness (QED) is 0.734. The molecule has 3 fully saturated rings. The van der Waals surface area contributed by atoms with E-state index in [1.165, 1.54) is 82.9 Å². The van der Waals surface area contributed by atoms with Crippen molar-refractivity contribution in [2.24, 2.45) is 11.8 Å². The Bertz CT molecular complexity index is 470. The summed E-state index contributed by atoms with van der Waals surface area (Å²) in [5, 5.41) is 0. The maximum absolute atomic E-state index is 2.95. The largest absolute Gasteiger partial charge is 0.297 e. The van der Waals surface area contributed by atoms with Crippen molar-refractivity contribution < 1.29 is 0 Å². The van der Waals surface area contributed by atoms with Crippen LogP contribution in [0.5, 0.6) is 0 Å². The van der Waals surface area contributed by atoms with Crippen LogP contribution in [0.25, 0.3) is 0 Å². The molecule has 1 heteroatoms. The van der Waals surface area contributed by atoms with Crippen LogP contribution in [0.4, 0.5) is 0 Å². The molecule has 0 bridgehead atoms. The van der Waals surface area contributed by atoms with Crippen molar-refractivity contribution >= 4 is 0 Å². The zero-order valence-electron chi connectivity index (χ0n) is 14.0. The zero-order valence-corrected chi connectivity index (χ0v) is 14.0. The smallest absolute Gasteiger partial charge is 0.0270 e. The summed E-state index contributed by atoms with van der Waals surface area (Å²) in [5.41, 5.74) is 2.17. The van der Waals surface area contributed by atoms with Gasteiger partial charge in [-0.2, -0.15) is 0 Å². The average Bonchev–Trinajstić information content (AvgIpc) is 3.05. The number of rotatable bonds is 5. The number of likely N-dealkylation sites (tertiary alicyclic amines) is 1. The maximum Gasteiger partial charge on any atom is 0.0270 e. The molecule has 0 spiro atoms. The molecule has 1 aliphatic heterocycles. The Labute approximate surface area is 136 Å². The highest BCUT2D eigenvalue weighted by Crippen LogP contribution is 2.60. The molecule has 1 aromatic carbocycles. The van der Waals surface area contributed by atoms with Gasteiger partial charge in [0.1, 0.15) is 0 Å². The Kier molecular flexibility index (Phi) is 4.26. The molecule has 0 amide bonds. The molecule has 22 heavy (non-hydrogen) atoms. The van der Waals surface area contributed by atoms with Crippen LogP contribution < -0.4 is 0 Å². The minimum atomic E-state index is 0.631. The molecule has 0 unspecified atom stereocenters. The molecular weight excluding hydrogens is 266 g/mol. The molecule has 2 aliphatic carbocycles. The van der Waals surface area contributed by atoms with Crippen LogP contribution in [0.2, 0.25) is 0 Å². The summed E-state index contributed by atoms with van der Waals surface area (Å²) in [5.74, 6) is 2.00. The van der Waals surface area contributed by atoms with Crippen LogP contribution in [-0.2, 0) is 6.42 Å². The standard InChI is InChI=1S/C21H31N/c1-3-9-18(10-4-1)13-14-20-17-21(20,19-11-5-6-12-19)22-15-7-2-8-16-22/h1,3-4,9-10,19-20H,2,5-8,11-17H2/t20-,21+/m1/s1. The van der Waals surface area contributed by atoms with E-state index in [0.29, 0.717) is 5.54 Å². The van der Waals surface area contributed by atoms with Crippen molar-refractivity contribution in [3.63, 3.8) is 0 Å². The van der Waals surface area contributed by atoms with E-state index in [-0.39, 0.29) is 0 Å². The van der Waals surface area contributed by atoms with Crippen LogP contribution in [0.3, 0.4) is 0 Å². The van der Waals surface area contributed by atoms with Gasteiger partial charge in [-0.05, 0) is 75.4 Å². The zero-order chi connectivity index (χ0) is 14.8. The monoisotopic (exact) mass is 297 g/mol. The Morgan fingerprint density at radius 2 is 1.64 bits per heavy atom. The van der Waals surface area contributed by atoms with Gasteiger partial charge in [-0.25, -0.2) is 0 Å². The second-order valence-corrected chi connectivity index (χ2v) is 7.95. The summed E-state index contributed by atoms with van der Waals surface area (Å²) in [7, 11) is 0. The van der Waals surface area contributed by atoms with Gasteiger partial charge in [0.25, 0.3) is 0 Å². The molecule has 1 saturated heterocycles. The lowest BCUT2D eigenvalue weighted by atomic mass is 9.88. The fraction of sp³-hybridized carbons (Fsp3) is 0.714. The first-order chi connectivity index (χ1) is 10.9. The van der Waals surface area contributed by atoms with Crippen LogP contribution in [0, 0.1) is 11.8 Å². The Morgan fingerprint density at radius 3 is 2.36 bits per heavy atom. The van der Waals surface area contributed by atoms with E-state index in [1.54, 1.807) is 0 Å². The molecule has 0 N–H and O–H groups in total. The van der Waals surface area contributed by atoms with Crippen LogP contribution in [0.15, 0.2) is 30.3 Å². The minimum Gasteiger partial charge on any atom is -0.297 e. The lowest BCUT2D eigenvalue weighted by Crippen LogP contribution is -2.46. The molecular formula is C21H31N. The Morgan fingerprint density at radius 1 is 0.909 bits per heavy atom. The molecule has 2 saturated carbocycles. The van der Waals surface area contributed by atoms with Crippen molar-refractivity contribution in [2.45, 2.75) is 69.7 Å². The molecule has 1 aromatic rings. The molecule has 3 aliphatic rings. The summed E-state index contributed by atoms with van der Waals surface area (Å²) >= 11 is 0. The van der Waals surface area contributed by atoms with E-state index in [2.05, 4.69) is 35.2 Å². The summed E-state index contributed by atoms with van der Waals surface area (Å²) in [6.45, 7) is 2.77. The summed E-state index contributed by atoms with van der Waals surface area (Å²) in [4.78, 5) is 2.95. The average molecular weight is 297 g/mol. The van der Waals surface area contributed by atoms with Crippen molar-refractivity contribution in [3.05, 3.63) is 35.9 Å². The van der Waals surface area contributed by atoms with Crippen LogP contribution in [-0.4, -0.2) is 23.5 Å². The first kappa shape index (κ1) is 14.8. The lowest BCUT2D eigenvalue weighted by molar-refractivity contribution is 0.0834. The van der Waals surface area contributed by atoms with E-state index in [1.807, 2.05) is 0 Å². The third-order valence-electron chi connectivity index (χ3n) is 6.75. The van der Waals surface area contributed by atoms with Gasteiger partial charge in [0.2, 0.25) is 0 Å². The summed E-state index contributed by atoms with van der Waals surface area (Å²) < 4.78 is 0. The van der Waals surface area contributed by atoms with Gasteiger partial charge < -0.3 is 0 Å². The summed E-state index contributed by atoms with van der Waals surface area (Å²) in [6, 6.07) is 11.1. The van der Waals surface area contributed by atoms with Gasteiger partial charge in [-0.1, -0.05) is 49.6 Å². The second-order valence-electron chi connectivity index (χ2n) is 7.95. The number of nitrogens with zero attached hydrogens (tertiary/aromatic N) is 1. The molecule has 1 heterocycles. The Balaban J connectivity index is 1.43. The van der Waals surface area contributed by atoms with E-state index in [9.17, 15) is 0 Å².